The molecule has 0 bridgehead atoms. The average molecular weight is 376 g/mol. The zero-order valence-electron chi connectivity index (χ0n) is 17.1. The van der Waals surface area contributed by atoms with Gasteiger partial charge in [0.05, 0.1) is 11.9 Å². The molecule has 3 rings (SSSR count). The molecule has 2 aliphatic rings. The minimum absolute atomic E-state index is 0.0829. The smallest absolute Gasteiger partial charge is 0.246 e. The van der Waals surface area contributed by atoms with Gasteiger partial charge in [-0.05, 0) is 25.3 Å². The van der Waals surface area contributed by atoms with E-state index in [1.54, 1.807) is 22.8 Å². The van der Waals surface area contributed by atoms with Crippen molar-refractivity contribution in [1.29, 1.82) is 0 Å². The number of piperazine rings is 1. The first-order valence-corrected chi connectivity index (χ1v) is 9.96. The summed E-state index contributed by atoms with van der Waals surface area (Å²) in [4.78, 5) is 23.5. The molecule has 8 nitrogen and oxygen atoms in total. The van der Waals surface area contributed by atoms with Gasteiger partial charge in [-0.2, -0.15) is 5.10 Å². The van der Waals surface area contributed by atoms with Crippen LogP contribution in [-0.2, 0) is 11.8 Å². The second-order valence-electron chi connectivity index (χ2n) is 7.95. The summed E-state index contributed by atoms with van der Waals surface area (Å²) in [5, 5.41) is 7.68. The van der Waals surface area contributed by atoms with E-state index in [1.807, 2.05) is 13.2 Å². The lowest BCUT2D eigenvalue weighted by Gasteiger charge is -2.36. The zero-order chi connectivity index (χ0) is 19.4. The molecule has 0 aromatic carbocycles. The van der Waals surface area contributed by atoms with Crippen molar-refractivity contribution in [3.05, 3.63) is 12.4 Å². The summed E-state index contributed by atoms with van der Waals surface area (Å²) in [5.74, 6) is 1.59. The van der Waals surface area contributed by atoms with Crippen molar-refractivity contribution in [2.75, 3.05) is 51.2 Å². The molecule has 0 unspecified atom stereocenters. The lowest BCUT2D eigenvalue weighted by atomic mass is 10.1. The fraction of sp³-hybridized carbons (Fsp3) is 0.737. The van der Waals surface area contributed by atoms with Crippen molar-refractivity contribution in [3.8, 4) is 0 Å². The number of aryl methyl sites for hydroxylation is 1. The molecule has 0 spiro atoms. The van der Waals surface area contributed by atoms with Crippen LogP contribution in [0.2, 0.25) is 0 Å². The van der Waals surface area contributed by atoms with Gasteiger partial charge in [0.2, 0.25) is 5.91 Å². The average Bonchev–Trinajstić information content (AvgIpc) is 3.24. The van der Waals surface area contributed by atoms with Gasteiger partial charge in [-0.3, -0.25) is 19.4 Å². The van der Waals surface area contributed by atoms with Crippen molar-refractivity contribution in [2.24, 2.45) is 18.0 Å². The Labute approximate surface area is 162 Å². The summed E-state index contributed by atoms with van der Waals surface area (Å²) < 4.78 is 1.72. The summed E-state index contributed by atoms with van der Waals surface area (Å²) >= 11 is 0. The van der Waals surface area contributed by atoms with Crippen molar-refractivity contribution < 1.29 is 4.79 Å². The van der Waals surface area contributed by atoms with Crippen LogP contribution >= 0.6 is 0 Å². The summed E-state index contributed by atoms with van der Waals surface area (Å²) in [6, 6.07) is 0.552. The van der Waals surface area contributed by atoms with Gasteiger partial charge in [-0.15, -0.1) is 0 Å². The van der Waals surface area contributed by atoms with Crippen LogP contribution in [0.5, 0.6) is 0 Å². The van der Waals surface area contributed by atoms with Gasteiger partial charge in [0.25, 0.3) is 0 Å². The predicted octanol–water partition coefficient (Wildman–Crippen LogP) is 0.765. The Bertz CT molecular complexity index is 669. The van der Waals surface area contributed by atoms with E-state index < -0.39 is 0 Å². The Hall–Kier alpha value is -2.09. The first-order valence-electron chi connectivity index (χ1n) is 9.96. The fourth-order valence-corrected chi connectivity index (χ4v) is 4.05. The summed E-state index contributed by atoms with van der Waals surface area (Å²) in [7, 11) is 3.66. The standard InChI is InChI=1S/C19H33N7O/c1-15(2)12-24-7-5-6-16(24)10-21-19(20-3)25-8-9-26(18(27)14-25)17-11-22-23(4)13-17/h11,13,15-16H,5-10,12,14H2,1-4H3,(H,20,21)/t16-/m1/s1. The van der Waals surface area contributed by atoms with E-state index in [9.17, 15) is 4.79 Å². The van der Waals surface area contributed by atoms with Gasteiger partial charge in [-0.1, -0.05) is 13.8 Å². The van der Waals surface area contributed by atoms with Crippen LogP contribution in [0.3, 0.4) is 0 Å². The highest BCUT2D eigenvalue weighted by Gasteiger charge is 2.29. The lowest BCUT2D eigenvalue weighted by molar-refractivity contribution is -0.120. The van der Waals surface area contributed by atoms with E-state index in [0.29, 0.717) is 25.0 Å². The second kappa shape index (κ2) is 8.73. The van der Waals surface area contributed by atoms with Crippen LogP contribution in [0, 0.1) is 5.92 Å². The van der Waals surface area contributed by atoms with Crippen molar-refractivity contribution in [1.82, 2.24) is 24.9 Å². The topological polar surface area (TPSA) is 69.0 Å². The fourth-order valence-electron chi connectivity index (χ4n) is 4.05. The maximum atomic E-state index is 12.6. The van der Waals surface area contributed by atoms with Crippen molar-refractivity contribution >= 4 is 17.6 Å². The van der Waals surface area contributed by atoms with Crippen LogP contribution in [0.25, 0.3) is 0 Å². The number of rotatable bonds is 5. The van der Waals surface area contributed by atoms with E-state index in [2.05, 4.69) is 39.1 Å². The normalized spacial score (nSPS) is 22.2. The third-order valence-electron chi connectivity index (χ3n) is 5.33. The number of nitrogens with zero attached hydrogens (tertiary/aromatic N) is 6. The Morgan fingerprint density at radius 1 is 1.37 bits per heavy atom. The minimum atomic E-state index is 0.0829. The molecule has 2 fully saturated rings. The Morgan fingerprint density at radius 2 is 2.19 bits per heavy atom. The van der Waals surface area contributed by atoms with Crippen LogP contribution < -0.4 is 10.2 Å². The van der Waals surface area contributed by atoms with Crippen LogP contribution in [-0.4, -0.2) is 83.8 Å². The van der Waals surface area contributed by atoms with Crippen LogP contribution in [0.15, 0.2) is 17.4 Å². The number of nitrogens with one attached hydrogen (secondary N) is 1. The van der Waals surface area contributed by atoms with E-state index in [0.717, 1.165) is 31.3 Å². The lowest BCUT2D eigenvalue weighted by Crippen LogP contribution is -2.56. The molecule has 1 aromatic heterocycles. The molecule has 2 saturated heterocycles. The van der Waals surface area contributed by atoms with E-state index >= 15 is 0 Å². The van der Waals surface area contributed by atoms with Crippen molar-refractivity contribution in [2.45, 2.75) is 32.7 Å². The van der Waals surface area contributed by atoms with Crippen LogP contribution in [0.4, 0.5) is 5.69 Å². The van der Waals surface area contributed by atoms with Gasteiger partial charge in [0, 0.05) is 52.5 Å². The first kappa shape index (κ1) is 19.7. The number of aliphatic imine (C=N–C) groups is 1. The van der Waals surface area contributed by atoms with Gasteiger partial charge in [-0.25, -0.2) is 0 Å². The quantitative estimate of drug-likeness (QED) is 0.608. The molecule has 1 N–H and O–H groups in total. The van der Waals surface area contributed by atoms with Gasteiger partial charge < -0.3 is 15.1 Å². The van der Waals surface area contributed by atoms with Gasteiger partial charge in [0.1, 0.15) is 6.54 Å². The molecular weight excluding hydrogens is 342 g/mol. The molecule has 2 aliphatic heterocycles. The number of carbonyl (C=O) groups is 1. The highest BCUT2D eigenvalue weighted by molar-refractivity contribution is 5.98. The molecule has 1 atom stereocenters. The molecule has 8 heteroatoms. The third-order valence-corrected chi connectivity index (χ3v) is 5.33. The molecule has 0 radical (unpaired) electrons. The Balaban J connectivity index is 1.53. The number of hydrogen-bond acceptors (Lipinski definition) is 4. The SMILES string of the molecule is CN=C(NC[C@H]1CCCN1CC(C)C)N1CCN(c2cnn(C)c2)C(=O)C1. The van der Waals surface area contributed by atoms with E-state index in [1.165, 1.54) is 19.4 Å². The highest BCUT2D eigenvalue weighted by Crippen LogP contribution is 2.19. The zero-order valence-corrected chi connectivity index (χ0v) is 17.1. The van der Waals surface area contributed by atoms with E-state index in [4.69, 9.17) is 0 Å². The van der Waals surface area contributed by atoms with E-state index in [-0.39, 0.29) is 5.91 Å². The number of amides is 1. The van der Waals surface area contributed by atoms with Crippen molar-refractivity contribution in [3.63, 3.8) is 0 Å². The molecule has 1 aromatic rings. The summed E-state index contributed by atoms with van der Waals surface area (Å²) in [6.45, 7) is 9.52. The molecule has 0 aliphatic carbocycles. The molecule has 27 heavy (non-hydrogen) atoms. The number of carbonyl (C=O) groups excluding carboxylic acids is 1. The molecule has 150 valence electrons. The number of hydrogen-bond donors (Lipinski definition) is 1. The summed E-state index contributed by atoms with van der Waals surface area (Å²) in [5.41, 5.74) is 0.861. The molecule has 3 heterocycles. The number of anilines is 1. The summed E-state index contributed by atoms with van der Waals surface area (Å²) in [6.07, 6.45) is 6.11. The second-order valence-corrected chi connectivity index (χ2v) is 7.95. The number of aromatic nitrogens is 2. The predicted molar refractivity (Wildman–Crippen MR) is 108 cm³/mol. The van der Waals surface area contributed by atoms with Gasteiger partial charge >= 0.3 is 0 Å². The number of likely N-dealkylation sites (tertiary alicyclic amines) is 1. The maximum Gasteiger partial charge on any atom is 0.246 e. The molecular formula is C19H33N7O. The number of guanidine groups is 1. The minimum Gasteiger partial charge on any atom is -0.355 e. The third kappa shape index (κ3) is 4.80. The monoisotopic (exact) mass is 375 g/mol. The molecule has 0 saturated carbocycles. The Morgan fingerprint density at radius 3 is 2.81 bits per heavy atom. The molecule has 1 amide bonds. The Kier molecular flexibility index (Phi) is 6.36. The van der Waals surface area contributed by atoms with Crippen LogP contribution in [0.1, 0.15) is 26.7 Å². The first-order chi connectivity index (χ1) is 13.0. The largest absolute Gasteiger partial charge is 0.355 e. The highest BCUT2D eigenvalue weighted by atomic mass is 16.2. The maximum absolute atomic E-state index is 12.6. The van der Waals surface area contributed by atoms with Gasteiger partial charge in [0.15, 0.2) is 5.96 Å².